The van der Waals surface area contributed by atoms with Gasteiger partial charge in [0.1, 0.15) is 0 Å². The number of allylic oxidation sites excluding steroid dienone is 4. The van der Waals surface area contributed by atoms with E-state index >= 15 is 0 Å². The quantitative estimate of drug-likeness (QED) is 0.474. The molecule has 0 heterocycles. The zero-order chi connectivity index (χ0) is 9.03. The minimum Gasteiger partial charge on any atom is -0.168 e. The van der Waals surface area contributed by atoms with E-state index in [1.54, 1.807) is 5.57 Å². The lowest BCUT2D eigenvalue weighted by Gasteiger charge is -2.12. The first-order valence-corrected chi connectivity index (χ1v) is 8.83. The van der Waals surface area contributed by atoms with Crippen molar-refractivity contribution in [2.45, 2.75) is 38.4 Å². The van der Waals surface area contributed by atoms with Crippen LogP contribution in [0.2, 0.25) is 19.1 Å². The van der Waals surface area contributed by atoms with Gasteiger partial charge in [0.2, 0.25) is 0 Å². The van der Waals surface area contributed by atoms with Crippen LogP contribution >= 0.6 is 11.1 Å². The molecule has 0 bridgehead atoms. The van der Waals surface area contributed by atoms with Gasteiger partial charge in [0.25, 0.3) is 0 Å². The van der Waals surface area contributed by atoms with E-state index in [9.17, 15) is 0 Å². The summed E-state index contributed by atoms with van der Waals surface area (Å²) in [5.41, 5.74) is 1.57. The van der Waals surface area contributed by atoms with Gasteiger partial charge in [-0.15, -0.1) is 0 Å². The van der Waals surface area contributed by atoms with E-state index in [0.717, 1.165) is 0 Å². The van der Waals surface area contributed by atoms with Gasteiger partial charge in [-0.05, 0) is 18.9 Å². The lowest BCUT2D eigenvalue weighted by molar-refractivity contribution is 0.875. The Balaban J connectivity index is 2.11. The third kappa shape index (κ3) is 4.12. The summed E-state index contributed by atoms with van der Waals surface area (Å²) >= 11 is 6.22. The SMILES string of the molecule is C[Si](C)(Cl)CCCC1=CC=CC1. The van der Waals surface area contributed by atoms with Gasteiger partial charge < -0.3 is 0 Å². The zero-order valence-corrected chi connectivity index (χ0v) is 9.69. The molecule has 0 atom stereocenters. The van der Waals surface area contributed by atoms with Crippen molar-refractivity contribution >= 4 is 18.5 Å². The second-order valence-electron chi connectivity index (χ2n) is 4.03. The predicted molar refractivity (Wildman–Crippen MR) is 59.2 cm³/mol. The van der Waals surface area contributed by atoms with Crippen LogP contribution in [0, 0.1) is 0 Å². The van der Waals surface area contributed by atoms with Crippen molar-refractivity contribution < 1.29 is 0 Å². The van der Waals surface area contributed by atoms with Gasteiger partial charge in [0.15, 0.2) is 7.38 Å². The molecule has 0 nitrogen and oxygen atoms in total. The third-order valence-electron chi connectivity index (χ3n) is 2.12. The molecule has 0 aliphatic heterocycles. The van der Waals surface area contributed by atoms with E-state index in [-0.39, 0.29) is 0 Å². The Morgan fingerprint density at radius 1 is 1.50 bits per heavy atom. The largest absolute Gasteiger partial charge is 0.168 e. The average Bonchev–Trinajstić information content (AvgIpc) is 2.36. The minimum atomic E-state index is -1.30. The zero-order valence-electron chi connectivity index (χ0n) is 7.94. The van der Waals surface area contributed by atoms with Crippen LogP contribution in [-0.4, -0.2) is 7.38 Å². The van der Waals surface area contributed by atoms with Crippen LogP contribution in [0.3, 0.4) is 0 Å². The van der Waals surface area contributed by atoms with E-state index in [1.165, 1.54) is 25.3 Å². The molecule has 0 aromatic heterocycles. The molecule has 0 aromatic carbocycles. The first kappa shape index (κ1) is 10.1. The second-order valence-corrected chi connectivity index (χ2v) is 11.0. The van der Waals surface area contributed by atoms with Crippen molar-refractivity contribution in [3.8, 4) is 0 Å². The third-order valence-corrected chi connectivity index (χ3v) is 4.23. The van der Waals surface area contributed by atoms with Crippen LogP contribution in [0.5, 0.6) is 0 Å². The number of halogens is 1. The van der Waals surface area contributed by atoms with Crippen molar-refractivity contribution in [3.63, 3.8) is 0 Å². The Kier molecular flexibility index (Phi) is 3.60. The molecule has 1 aliphatic rings. The molecular weight excluding hydrogens is 184 g/mol. The standard InChI is InChI=1S/C10H17ClSi/c1-12(2,11)9-5-8-10-6-3-4-7-10/h3-4,6H,5,7-9H2,1-2H3. The molecule has 0 amide bonds. The van der Waals surface area contributed by atoms with Crippen molar-refractivity contribution in [1.82, 2.24) is 0 Å². The molecule has 0 unspecified atom stereocenters. The summed E-state index contributed by atoms with van der Waals surface area (Å²) in [7, 11) is -1.30. The van der Waals surface area contributed by atoms with E-state index in [2.05, 4.69) is 31.3 Å². The maximum absolute atomic E-state index is 6.22. The lowest BCUT2D eigenvalue weighted by atomic mass is 10.1. The number of hydrogen-bond acceptors (Lipinski definition) is 0. The Bertz CT molecular complexity index is 198. The summed E-state index contributed by atoms with van der Waals surface area (Å²) < 4.78 is 0. The summed E-state index contributed by atoms with van der Waals surface area (Å²) in [6, 6.07) is 1.24. The first-order chi connectivity index (χ1) is 5.58. The van der Waals surface area contributed by atoms with Crippen LogP contribution in [0.15, 0.2) is 23.8 Å². The maximum Gasteiger partial charge on any atom is 0.150 e. The van der Waals surface area contributed by atoms with E-state index in [1.807, 2.05) is 0 Å². The van der Waals surface area contributed by atoms with Gasteiger partial charge in [-0.2, -0.15) is 11.1 Å². The first-order valence-electron chi connectivity index (χ1n) is 4.61. The molecular formula is C10H17ClSi. The number of hydrogen-bond donors (Lipinski definition) is 0. The highest BCUT2D eigenvalue weighted by Gasteiger charge is 2.15. The summed E-state index contributed by atoms with van der Waals surface area (Å²) in [4.78, 5) is 0. The molecule has 0 aromatic rings. The van der Waals surface area contributed by atoms with Gasteiger partial charge in [-0.1, -0.05) is 43.3 Å². The van der Waals surface area contributed by atoms with Crippen LogP contribution < -0.4 is 0 Å². The average molecular weight is 201 g/mol. The summed E-state index contributed by atoms with van der Waals surface area (Å²) in [5, 5.41) is 0. The second kappa shape index (κ2) is 4.29. The smallest absolute Gasteiger partial charge is 0.150 e. The number of rotatable bonds is 4. The molecule has 0 N–H and O–H groups in total. The molecule has 68 valence electrons. The Hall–Kier alpha value is -0.0131. The molecule has 0 saturated heterocycles. The van der Waals surface area contributed by atoms with Crippen LogP contribution in [0.25, 0.3) is 0 Å². The van der Waals surface area contributed by atoms with Gasteiger partial charge in [0, 0.05) is 0 Å². The highest BCUT2D eigenvalue weighted by atomic mass is 35.6. The fraction of sp³-hybridized carbons (Fsp3) is 0.600. The van der Waals surface area contributed by atoms with Crippen molar-refractivity contribution in [2.75, 3.05) is 0 Å². The highest BCUT2D eigenvalue weighted by molar-refractivity contribution is 7.19. The Labute approximate surface area is 81.0 Å². The van der Waals surface area contributed by atoms with Gasteiger partial charge in [-0.25, -0.2) is 0 Å². The predicted octanol–water partition coefficient (Wildman–Crippen LogP) is 4.10. The Morgan fingerprint density at radius 2 is 2.25 bits per heavy atom. The van der Waals surface area contributed by atoms with Gasteiger partial charge in [-0.3, -0.25) is 0 Å². The van der Waals surface area contributed by atoms with Gasteiger partial charge >= 0.3 is 0 Å². The van der Waals surface area contributed by atoms with Gasteiger partial charge in [0.05, 0.1) is 0 Å². The summed E-state index contributed by atoms with van der Waals surface area (Å²) in [6.45, 7) is 4.44. The molecule has 0 saturated carbocycles. The summed E-state index contributed by atoms with van der Waals surface area (Å²) in [5.74, 6) is 0. The molecule has 0 radical (unpaired) electrons. The fourth-order valence-electron chi connectivity index (χ4n) is 1.41. The molecule has 1 aliphatic carbocycles. The van der Waals surface area contributed by atoms with Crippen molar-refractivity contribution in [2.24, 2.45) is 0 Å². The topological polar surface area (TPSA) is 0 Å². The summed E-state index contributed by atoms with van der Waals surface area (Å²) in [6.07, 6.45) is 10.3. The molecule has 0 fully saturated rings. The van der Waals surface area contributed by atoms with E-state index in [0.29, 0.717) is 0 Å². The van der Waals surface area contributed by atoms with Crippen LogP contribution in [-0.2, 0) is 0 Å². The minimum absolute atomic E-state index is 1.17. The molecule has 2 heteroatoms. The van der Waals surface area contributed by atoms with Crippen LogP contribution in [0.1, 0.15) is 19.3 Å². The molecule has 12 heavy (non-hydrogen) atoms. The lowest BCUT2D eigenvalue weighted by Crippen LogP contribution is -2.15. The molecule has 1 rings (SSSR count). The van der Waals surface area contributed by atoms with Crippen molar-refractivity contribution in [3.05, 3.63) is 23.8 Å². The fourth-order valence-corrected chi connectivity index (χ4v) is 2.83. The van der Waals surface area contributed by atoms with E-state index < -0.39 is 7.38 Å². The molecule has 0 spiro atoms. The monoisotopic (exact) mass is 200 g/mol. The Morgan fingerprint density at radius 3 is 2.75 bits per heavy atom. The normalized spacial score (nSPS) is 16.8. The van der Waals surface area contributed by atoms with Crippen LogP contribution in [0.4, 0.5) is 0 Å². The highest BCUT2D eigenvalue weighted by Crippen LogP contribution is 2.22. The van der Waals surface area contributed by atoms with E-state index in [4.69, 9.17) is 11.1 Å². The van der Waals surface area contributed by atoms with Crippen molar-refractivity contribution in [1.29, 1.82) is 0 Å². The maximum atomic E-state index is 6.22.